The first-order chi connectivity index (χ1) is 10.4. The van der Waals surface area contributed by atoms with Crippen molar-refractivity contribution in [1.82, 2.24) is 5.48 Å². The number of hydrogen-bond donors (Lipinski definition) is 1. The number of hydroxylamine groups is 1. The molecule has 1 fully saturated rings. The Morgan fingerprint density at radius 2 is 2.00 bits per heavy atom. The number of carbonyl (C=O) groups is 1. The Morgan fingerprint density at radius 3 is 2.59 bits per heavy atom. The third-order valence-electron chi connectivity index (χ3n) is 3.09. The number of rotatable bonds is 4. The maximum atomic E-state index is 12.4. The van der Waals surface area contributed by atoms with Gasteiger partial charge in [0.05, 0.1) is 5.56 Å². The van der Waals surface area contributed by atoms with Crippen LogP contribution in [0.5, 0.6) is 0 Å². The highest BCUT2D eigenvalue weighted by Gasteiger charge is 2.29. The predicted octanol–water partition coefficient (Wildman–Crippen LogP) is 3.29. The molecular weight excluding hydrogens is 299 g/mol. The number of halogens is 3. The summed E-state index contributed by atoms with van der Waals surface area (Å²) in [5.74, 6) is -0.505. The first-order valence-electron chi connectivity index (χ1n) is 6.88. The maximum absolute atomic E-state index is 12.4. The van der Waals surface area contributed by atoms with Crippen molar-refractivity contribution in [2.24, 2.45) is 0 Å². The molecule has 0 bridgehead atoms. The van der Waals surface area contributed by atoms with E-state index in [0.29, 0.717) is 18.6 Å². The summed E-state index contributed by atoms with van der Waals surface area (Å²) in [7, 11) is 0. The molecule has 7 heteroatoms. The highest BCUT2D eigenvalue weighted by Crippen LogP contribution is 2.29. The van der Waals surface area contributed by atoms with Gasteiger partial charge in [0, 0.05) is 19.1 Å². The van der Waals surface area contributed by atoms with E-state index in [-0.39, 0.29) is 0 Å². The highest BCUT2D eigenvalue weighted by molar-refractivity contribution is 5.90. The summed E-state index contributed by atoms with van der Waals surface area (Å²) in [6.45, 7) is 0.599. The van der Waals surface area contributed by atoms with Crippen LogP contribution >= 0.6 is 0 Å². The smallest absolute Gasteiger partial charge is 0.350 e. The molecule has 1 aliphatic heterocycles. The molecule has 1 aliphatic rings. The second kappa shape index (κ2) is 7.42. The Hall–Kier alpha value is -1.86. The lowest BCUT2D eigenvalue weighted by Gasteiger charge is -2.21. The van der Waals surface area contributed by atoms with Gasteiger partial charge in [-0.05, 0) is 36.6 Å². The number of alkyl halides is 3. The van der Waals surface area contributed by atoms with E-state index in [4.69, 9.17) is 9.57 Å². The minimum Gasteiger partial charge on any atom is -0.350 e. The van der Waals surface area contributed by atoms with E-state index >= 15 is 0 Å². The van der Waals surface area contributed by atoms with Crippen LogP contribution in [0.3, 0.4) is 0 Å². The average Bonchev–Trinajstić information content (AvgIpc) is 2.51. The van der Waals surface area contributed by atoms with Crippen molar-refractivity contribution in [1.29, 1.82) is 0 Å². The molecule has 1 N–H and O–H groups in total. The molecule has 0 aliphatic carbocycles. The second-order valence-corrected chi connectivity index (χ2v) is 4.83. The summed E-state index contributed by atoms with van der Waals surface area (Å²) >= 11 is 0. The first-order valence-corrected chi connectivity index (χ1v) is 6.88. The molecule has 4 nitrogen and oxygen atoms in total. The third kappa shape index (κ3) is 5.16. The largest absolute Gasteiger partial charge is 0.416 e. The van der Waals surface area contributed by atoms with E-state index in [1.807, 2.05) is 0 Å². The van der Waals surface area contributed by atoms with Gasteiger partial charge in [0.15, 0.2) is 6.29 Å². The van der Waals surface area contributed by atoms with Crippen molar-refractivity contribution < 1.29 is 27.5 Å². The monoisotopic (exact) mass is 315 g/mol. The van der Waals surface area contributed by atoms with Crippen molar-refractivity contribution in [3.05, 3.63) is 41.5 Å². The van der Waals surface area contributed by atoms with Crippen LogP contribution in [0.1, 0.15) is 30.4 Å². The van der Waals surface area contributed by atoms with E-state index in [1.165, 1.54) is 24.3 Å². The average molecular weight is 315 g/mol. The zero-order valence-electron chi connectivity index (χ0n) is 11.7. The Morgan fingerprint density at radius 1 is 1.27 bits per heavy atom. The summed E-state index contributed by atoms with van der Waals surface area (Å²) in [6.07, 6.45) is 0.434. The molecular formula is C15H16F3NO3. The van der Waals surface area contributed by atoms with Gasteiger partial charge < -0.3 is 4.74 Å². The molecule has 0 aromatic heterocycles. The number of nitrogens with one attached hydrogen (secondary N) is 1. The lowest BCUT2D eigenvalue weighted by atomic mass is 10.1. The molecule has 120 valence electrons. The molecule has 1 heterocycles. The Balaban J connectivity index is 1.81. The topological polar surface area (TPSA) is 47.6 Å². The molecule has 1 atom stereocenters. The highest BCUT2D eigenvalue weighted by atomic mass is 19.4. The molecule has 2 rings (SSSR count). The van der Waals surface area contributed by atoms with Gasteiger partial charge in [0.2, 0.25) is 0 Å². The van der Waals surface area contributed by atoms with E-state index in [0.717, 1.165) is 25.0 Å². The quantitative estimate of drug-likeness (QED) is 0.685. The van der Waals surface area contributed by atoms with Crippen LogP contribution in [0.25, 0.3) is 6.08 Å². The van der Waals surface area contributed by atoms with Crippen molar-refractivity contribution in [3.8, 4) is 0 Å². The Bertz CT molecular complexity index is 520. The van der Waals surface area contributed by atoms with Gasteiger partial charge in [0.25, 0.3) is 5.91 Å². The van der Waals surface area contributed by atoms with Gasteiger partial charge in [-0.3, -0.25) is 4.79 Å². The van der Waals surface area contributed by atoms with Crippen LogP contribution in [-0.4, -0.2) is 18.8 Å². The van der Waals surface area contributed by atoms with Gasteiger partial charge >= 0.3 is 6.18 Å². The number of ether oxygens (including phenoxy) is 1. The summed E-state index contributed by atoms with van der Waals surface area (Å²) in [6, 6.07) is 4.50. The van der Waals surface area contributed by atoms with Gasteiger partial charge in [-0.25, -0.2) is 10.3 Å². The predicted molar refractivity (Wildman–Crippen MR) is 73.3 cm³/mol. The van der Waals surface area contributed by atoms with Crippen molar-refractivity contribution in [2.75, 3.05) is 6.61 Å². The SMILES string of the molecule is O=C(/C=C/c1ccc(C(F)(F)F)cc1)NOC1CCCCO1. The van der Waals surface area contributed by atoms with Crippen LogP contribution in [-0.2, 0) is 20.5 Å². The minimum atomic E-state index is -4.37. The zero-order valence-corrected chi connectivity index (χ0v) is 11.7. The van der Waals surface area contributed by atoms with Gasteiger partial charge in [-0.15, -0.1) is 0 Å². The molecule has 1 aromatic carbocycles. The zero-order chi connectivity index (χ0) is 16.0. The van der Waals surface area contributed by atoms with Crippen LogP contribution in [0.15, 0.2) is 30.3 Å². The van der Waals surface area contributed by atoms with Crippen LogP contribution < -0.4 is 5.48 Å². The summed E-state index contributed by atoms with van der Waals surface area (Å²) in [5, 5.41) is 0. The summed E-state index contributed by atoms with van der Waals surface area (Å²) < 4.78 is 42.5. The number of amides is 1. The molecule has 1 saturated heterocycles. The molecule has 1 aromatic rings. The normalized spacial score (nSPS) is 19.3. The Kier molecular flexibility index (Phi) is 5.57. The molecule has 0 radical (unpaired) electrons. The van der Waals surface area contributed by atoms with Crippen molar-refractivity contribution in [2.45, 2.75) is 31.7 Å². The molecule has 0 spiro atoms. The number of hydrogen-bond acceptors (Lipinski definition) is 3. The van der Waals surface area contributed by atoms with Crippen LogP contribution in [0.2, 0.25) is 0 Å². The van der Waals surface area contributed by atoms with Crippen molar-refractivity contribution >= 4 is 12.0 Å². The van der Waals surface area contributed by atoms with E-state index in [1.54, 1.807) is 0 Å². The molecule has 1 unspecified atom stereocenters. The number of benzene rings is 1. The van der Waals surface area contributed by atoms with Crippen molar-refractivity contribution in [3.63, 3.8) is 0 Å². The second-order valence-electron chi connectivity index (χ2n) is 4.83. The molecule has 22 heavy (non-hydrogen) atoms. The lowest BCUT2D eigenvalue weighted by molar-refractivity contribution is -0.198. The third-order valence-corrected chi connectivity index (χ3v) is 3.09. The summed E-state index contributed by atoms with van der Waals surface area (Å²) in [4.78, 5) is 16.6. The van der Waals surface area contributed by atoms with E-state index in [2.05, 4.69) is 5.48 Å². The van der Waals surface area contributed by atoms with Gasteiger partial charge in [0.1, 0.15) is 0 Å². The van der Waals surface area contributed by atoms with Gasteiger partial charge in [-0.2, -0.15) is 13.2 Å². The Labute approximate surface area is 125 Å². The molecule has 1 amide bonds. The number of carbonyl (C=O) groups excluding carboxylic acids is 1. The summed E-state index contributed by atoms with van der Waals surface area (Å²) in [5.41, 5.74) is 1.98. The fourth-order valence-corrected chi connectivity index (χ4v) is 1.92. The fourth-order valence-electron chi connectivity index (χ4n) is 1.92. The maximum Gasteiger partial charge on any atom is 0.416 e. The van der Waals surface area contributed by atoms with Crippen LogP contribution in [0, 0.1) is 0 Å². The van der Waals surface area contributed by atoms with E-state index in [9.17, 15) is 18.0 Å². The fraction of sp³-hybridized carbons (Fsp3) is 0.400. The van der Waals surface area contributed by atoms with E-state index < -0.39 is 23.9 Å². The first kappa shape index (κ1) is 16.5. The minimum absolute atomic E-state index is 0.447. The lowest BCUT2D eigenvalue weighted by Crippen LogP contribution is -2.32. The van der Waals surface area contributed by atoms with Crippen LogP contribution in [0.4, 0.5) is 13.2 Å². The molecule has 0 saturated carbocycles. The van der Waals surface area contributed by atoms with Gasteiger partial charge in [-0.1, -0.05) is 12.1 Å². The standard InChI is InChI=1S/C15H16F3NO3/c16-15(17,18)12-7-4-11(5-8-12)6-9-13(20)19-22-14-3-1-2-10-21-14/h4-9,14H,1-3,10H2,(H,19,20)/b9-6+.